The first-order chi connectivity index (χ1) is 8.20. The van der Waals surface area contributed by atoms with Crippen LogP contribution in [0.15, 0.2) is 17.1 Å². The Labute approximate surface area is 115 Å². The minimum absolute atomic E-state index is 0.549. The number of hydrogen-bond donors (Lipinski definition) is 2. The summed E-state index contributed by atoms with van der Waals surface area (Å²) in [6, 6.07) is 3.74. The van der Waals surface area contributed by atoms with Gasteiger partial charge in [-0.3, -0.25) is 4.99 Å². The lowest BCUT2D eigenvalue weighted by molar-refractivity contribution is 0.959. The summed E-state index contributed by atoms with van der Waals surface area (Å²) in [6.07, 6.45) is 0.750. The number of aliphatic imine (C=N–C) groups is 1. The van der Waals surface area contributed by atoms with Gasteiger partial charge < -0.3 is 10.6 Å². The van der Waals surface area contributed by atoms with E-state index in [9.17, 15) is 0 Å². The first-order valence-corrected chi connectivity index (χ1v) is 6.59. The van der Waals surface area contributed by atoms with E-state index in [1.807, 2.05) is 12.1 Å². The average molecular weight is 293 g/mol. The largest absolute Gasteiger partial charge is 0.354 e. The second-order valence-corrected chi connectivity index (χ2v) is 4.85. The van der Waals surface area contributed by atoms with Gasteiger partial charge in [-0.2, -0.15) is 0 Å². The van der Waals surface area contributed by atoms with Gasteiger partial charge in [0.05, 0.1) is 22.3 Å². The molecule has 0 aromatic heterocycles. The van der Waals surface area contributed by atoms with E-state index in [1.54, 1.807) is 0 Å². The van der Waals surface area contributed by atoms with Crippen molar-refractivity contribution in [1.29, 1.82) is 0 Å². The lowest BCUT2D eigenvalue weighted by Gasteiger charge is -2.12. The molecule has 92 valence electrons. The molecule has 0 saturated carbocycles. The van der Waals surface area contributed by atoms with Crippen LogP contribution in [0.1, 0.15) is 5.56 Å². The molecule has 0 amide bonds. The van der Waals surface area contributed by atoms with Crippen molar-refractivity contribution in [2.45, 2.75) is 6.42 Å². The van der Waals surface area contributed by atoms with E-state index in [2.05, 4.69) is 15.6 Å². The Morgan fingerprint density at radius 1 is 1.29 bits per heavy atom. The van der Waals surface area contributed by atoms with Crippen molar-refractivity contribution in [3.05, 3.63) is 27.7 Å². The Bertz CT molecular complexity index is 423. The smallest absolute Gasteiger partial charge is 0.196 e. The highest BCUT2D eigenvalue weighted by Crippen LogP contribution is 2.32. The molecule has 0 saturated heterocycles. The summed E-state index contributed by atoms with van der Waals surface area (Å²) in [5.41, 5.74) is 1.71. The summed E-state index contributed by atoms with van der Waals surface area (Å²) in [7, 11) is 0. The third-order valence-electron chi connectivity index (χ3n) is 2.40. The first kappa shape index (κ1) is 12.8. The highest BCUT2D eigenvalue weighted by atomic mass is 35.5. The molecule has 0 spiro atoms. The fourth-order valence-electron chi connectivity index (χ4n) is 1.60. The molecule has 1 aliphatic rings. The third kappa shape index (κ3) is 3.18. The van der Waals surface area contributed by atoms with Crippen LogP contribution in [0.25, 0.3) is 0 Å². The van der Waals surface area contributed by atoms with Gasteiger partial charge in [0.2, 0.25) is 0 Å². The van der Waals surface area contributed by atoms with Crippen LogP contribution in [0, 0.1) is 0 Å². The van der Waals surface area contributed by atoms with Gasteiger partial charge in [-0.05, 0) is 24.1 Å². The first-order valence-electron chi connectivity index (χ1n) is 5.30. The van der Waals surface area contributed by atoms with E-state index in [4.69, 9.17) is 34.8 Å². The van der Waals surface area contributed by atoms with E-state index < -0.39 is 0 Å². The Morgan fingerprint density at radius 3 is 2.53 bits per heavy atom. The van der Waals surface area contributed by atoms with Gasteiger partial charge in [-0.15, -0.1) is 11.6 Å². The molecule has 17 heavy (non-hydrogen) atoms. The van der Waals surface area contributed by atoms with Crippen LogP contribution in [0.5, 0.6) is 0 Å². The van der Waals surface area contributed by atoms with Crippen LogP contribution < -0.4 is 10.6 Å². The lowest BCUT2D eigenvalue weighted by atomic mass is 10.1. The Morgan fingerprint density at radius 2 is 2.00 bits per heavy atom. The van der Waals surface area contributed by atoms with Gasteiger partial charge in [-0.1, -0.05) is 23.2 Å². The van der Waals surface area contributed by atoms with Crippen molar-refractivity contribution >= 4 is 46.4 Å². The zero-order chi connectivity index (χ0) is 12.3. The molecule has 2 N–H and O–H groups in total. The summed E-state index contributed by atoms with van der Waals surface area (Å²) in [5, 5.41) is 7.34. The molecule has 1 heterocycles. The van der Waals surface area contributed by atoms with Gasteiger partial charge in [0.1, 0.15) is 0 Å². The average Bonchev–Trinajstić information content (AvgIpc) is 2.76. The van der Waals surface area contributed by atoms with Gasteiger partial charge in [-0.25, -0.2) is 0 Å². The number of halogens is 3. The molecule has 2 rings (SSSR count). The standard InChI is InChI=1S/C11H12Cl3N3/c12-2-1-7-5-8(13)10(9(14)6-7)17-11-15-3-4-16-11/h5-6H,1-4H2,(H2,15,16,17). The fraction of sp³-hybridized carbons (Fsp3) is 0.364. The lowest BCUT2D eigenvalue weighted by Crippen LogP contribution is -2.26. The third-order valence-corrected chi connectivity index (χ3v) is 3.19. The number of hydrogen-bond acceptors (Lipinski definition) is 3. The van der Waals surface area contributed by atoms with E-state index in [-0.39, 0.29) is 0 Å². The monoisotopic (exact) mass is 291 g/mol. The minimum atomic E-state index is 0.549. The second kappa shape index (κ2) is 5.80. The van der Waals surface area contributed by atoms with E-state index in [0.29, 0.717) is 27.6 Å². The number of rotatable bonds is 3. The van der Waals surface area contributed by atoms with Crippen LogP contribution in [0.4, 0.5) is 5.69 Å². The van der Waals surface area contributed by atoms with Crippen LogP contribution in [0.3, 0.4) is 0 Å². The van der Waals surface area contributed by atoms with Crippen LogP contribution in [0.2, 0.25) is 10.0 Å². The number of aryl methyl sites for hydroxylation is 1. The molecule has 1 aromatic rings. The fourth-order valence-corrected chi connectivity index (χ4v) is 2.44. The van der Waals surface area contributed by atoms with E-state index >= 15 is 0 Å². The molecule has 0 aliphatic carbocycles. The second-order valence-electron chi connectivity index (χ2n) is 3.66. The molecule has 0 bridgehead atoms. The number of benzene rings is 1. The topological polar surface area (TPSA) is 36.4 Å². The van der Waals surface area contributed by atoms with Crippen molar-refractivity contribution in [1.82, 2.24) is 5.32 Å². The SMILES string of the molecule is ClCCc1cc(Cl)c(NC2=NCCN2)c(Cl)c1. The number of nitrogens with zero attached hydrogens (tertiary/aromatic N) is 1. The summed E-state index contributed by atoms with van der Waals surface area (Å²) in [5.74, 6) is 1.26. The maximum absolute atomic E-state index is 6.18. The van der Waals surface area contributed by atoms with Gasteiger partial charge in [0, 0.05) is 12.4 Å². The minimum Gasteiger partial charge on any atom is -0.354 e. The molecule has 3 nitrogen and oxygen atoms in total. The number of nitrogens with one attached hydrogen (secondary N) is 2. The van der Waals surface area contributed by atoms with Crippen LogP contribution in [-0.4, -0.2) is 24.9 Å². The number of guanidine groups is 1. The zero-order valence-corrected chi connectivity index (χ0v) is 11.3. The molecule has 1 aromatic carbocycles. The molecule has 6 heteroatoms. The quantitative estimate of drug-likeness (QED) is 0.840. The van der Waals surface area contributed by atoms with E-state index in [1.165, 1.54) is 0 Å². The predicted molar refractivity (Wildman–Crippen MR) is 74.8 cm³/mol. The molecule has 0 radical (unpaired) electrons. The summed E-state index contributed by atoms with van der Waals surface area (Å²) in [4.78, 5) is 4.23. The zero-order valence-electron chi connectivity index (χ0n) is 9.06. The van der Waals surface area contributed by atoms with Crippen molar-refractivity contribution in [2.24, 2.45) is 4.99 Å². The summed E-state index contributed by atoms with van der Waals surface area (Å²) >= 11 is 18.0. The molecule has 0 atom stereocenters. The van der Waals surface area contributed by atoms with Gasteiger partial charge in [0.15, 0.2) is 5.96 Å². The molecular formula is C11H12Cl3N3. The summed E-state index contributed by atoms with van der Waals surface area (Å²) < 4.78 is 0. The number of anilines is 1. The maximum Gasteiger partial charge on any atom is 0.196 e. The predicted octanol–water partition coefficient (Wildman–Crippen LogP) is 3.15. The van der Waals surface area contributed by atoms with Crippen molar-refractivity contribution in [2.75, 3.05) is 24.3 Å². The molecule has 0 fully saturated rings. The Kier molecular flexibility index (Phi) is 4.37. The normalized spacial score (nSPS) is 14.4. The highest BCUT2D eigenvalue weighted by Gasteiger charge is 2.12. The molecule has 0 unspecified atom stereocenters. The van der Waals surface area contributed by atoms with Crippen LogP contribution in [-0.2, 0) is 6.42 Å². The molecular weight excluding hydrogens is 281 g/mol. The van der Waals surface area contributed by atoms with E-state index in [0.717, 1.165) is 25.1 Å². The van der Waals surface area contributed by atoms with Crippen molar-refractivity contribution in [3.8, 4) is 0 Å². The van der Waals surface area contributed by atoms with Crippen LogP contribution >= 0.6 is 34.8 Å². The van der Waals surface area contributed by atoms with Crippen molar-refractivity contribution in [3.63, 3.8) is 0 Å². The highest BCUT2D eigenvalue weighted by molar-refractivity contribution is 6.40. The number of alkyl halides is 1. The molecule has 1 aliphatic heterocycles. The Balaban J connectivity index is 2.21. The Hall–Kier alpha value is -0.640. The van der Waals surface area contributed by atoms with Gasteiger partial charge >= 0.3 is 0 Å². The maximum atomic E-state index is 6.18. The summed E-state index contributed by atoms with van der Waals surface area (Å²) in [6.45, 7) is 1.60. The van der Waals surface area contributed by atoms with Gasteiger partial charge in [0.25, 0.3) is 0 Å². The van der Waals surface area contributed by atoms with Crippen molar-refractivity contribution < 1.29 is 0 Å².